The predicted octanol–water partition coefficient (Wildman–Crippen LogP) is 3.72. The number of carbonyl (C=O) groups excluding carboxylic acids is 1. The van der Waals surface area contributed by atoms with Gasteiger partial charge in [0, 0.05) is 16.8 Å². The normalized spacial score (nSPS) is 10.9. The topological polar surface area (TPSA) is 79.1 Å². The van der Waals surface area contributed by atoms with Crippen LogP contribution in [-0.2, 0) is 0 Å². The summed E-state index contributed by atoms with van der Waals surface area (Å²) in [5.74, 6) is -0.270. The summed E-state index contributed by atoms with van der Waals surface area (Å²) in [6.07, 6.45) is 1.30. The molecule has 0 aromatic heterocycles. The molecule has 0 bridgehead atoms. The highest BCUT2D eigenvalue weighted by Gasteiger charge is 2.10. The second kappa shape index (κ2) is 7.35. The van der Waals surface area contributed by atoms with Crippen molar-refractivity contribution in [1.29, 1.82) is 0 Å². The van der Waals surface area contributed by atoms with Crippen LogP contribution in [-0.4, -0.2) is 35.9 Å². The highest BCUT2D eigenvalue weighted by Crippen LogP contribution is 2.29. The van der Waals surface area contributed by atoms with Crippen LogP contribution in [0.4, 0.5) is 0 Å². The molecule has 0 heterocycles. The van der Waals surface area contributed by atoms with Gasteiger partial charge in [0.1, 0.15) is 12.3 Å². The number of benzene rings is 2. The zero-order valence-corrected chi connectivity index (χ0v) is 13.6. The lowest BCUT2D eigenvalue weighted by Crippen LogP contribution is -2.04. The van der Waals surface area contributed by atoms with Crippen LogP contribution in [0.1, 0.15) is 15.9 Å². The van der Waals surface area contributed by atoms with Crippen molar-refractivity contribution < 1.29 is 19.7 Å². The highest BCUT2D eigenvalue weighted by atomic mass is 35.5. The van der Waals surface area contributed by atoms with Crippen LogP contribution in [0.25, 0.3) is 0 Å². The van der Waals surface area contributed by atoms with Crippen molar-refractivity contribution in [2.24, 2.45) is 4.99 Å². The number of hydrogen-bond acceptors (Lipinski definition) is 5. The van der Waals surface area contributed by atoms with Gasteiger partial charge in [0.15, 0.2) is 17.3 Å². The van der Waals surface area contributed by atoms with Crippen LogP contribution in [0.3, 0.4) is 0 Å². The maximum Gasteiger partial charge on any atom is 0.184 e. The van der Waals surface area contributed by atoms with Gasteiger partial charge in [0.05, 0.1) is 17.7 Å². The number of aliphatic imine (C=N–C) groups is 1. The van der Waals surface area contributed by atoms with Crippen molar-refractivity contribution in [2.45, 2.75) is 0 Å². The first-order chi connectivity index (χ1) is 10.9. The van der Waals surface area contributed by atoms with E-state index in [1.165, 1.54) is 43.7 Å². The Morgan fingerprint density at radius 3 is 2.57 bits per heavy atom. The number of halogens is 2. The minimum atomic E-state index is -0.302. The molecule has 2 aromatic rings. The first kappa shape index (κ1) is 17.1. The van der Waals surface area contributed by atoms with Gasteiger partial charge in [-0.2, -0.15) is 0 Å². The lowest BCUT2D eigenvalue weighted by Gasteiger charge is -2.05. The van der Waals surface area contributed by atoms with Gasteiger partial charge in [-0.3, -0.25) is 9.79 Å². The molecule has 0 fully saturated rings. The Morgan fingerprint density at radius 1 is 1.22 bits per heavy atom. The minimum Gasteiger partial charge on any atom is -0.507 e. The first-order valence-electron chi connectivity index (χ1n) is 6.50. The molecule has 0 saturated carbocycles. The molecule has 23 heavy (non-hydrogen) atoms. The Balaban J connectivity index is 2.11. The monoisotopic (exact) mass is 353 g/mol. The van der Waals surface area contributed by atoms with Gasteiger partial charge >= 0.3 is 0 Å². The fraction of sp³-hybridized carbons (Fsp3) is 0.125. The van der Waals surface area contributed by atoms with E-state index in [4.69, 9.17) is 27.9 Å². The number of aromatic hydroxyl groups is 2. The van der Waals surface area contributed by atoms with E-state index in [0.717, 1.165) is 0 Å². The third-order valence-electron chi connectivity index (χ3n) is 3.03. The number of ether oxygens (including phenoxy) is 1. The van der Waals surface area contributed by atoms with E-state index >= 15 is 0 Å². The SMILES string of the molecule is COc1ccc(C(=O)CN=Cc2c(O)cc(Cl)cc2Cl)cc1O. The summed E-state index contributed by atoms with van der Waals surface area (Å²) in [7, 11) is 1.42. The summed E-state index contributed by atoms with van der Waals surface area (Å²) >= 11 is 11.7. The van der Waals surface area contributed by atoms with E-state index in [1.807, 2.05) is 0 Å². The molecular weight excluding hydrogens is 341 g/mol. The number of phenols is 2. The van der Waals surface area contributed by atoms with E-state index < -0.39 is 0 Å². The van der Waals surface area contributed by atoms with Crippen LogP contribution in [0.15, 0.2) is 35.3 Å². The summed E-state index contributed by atoms with van der Waals surface area (Å²) in [6.45, 7) is -0.163. The molecule has 5 nitrogen and oxygen atoms in total. The highest BCUT2D eigenvalue weighted by molar-refractivity contribution is 6.36. The number of rotatable bonds is 5. The molecule has 7 heteroatoms. The number of Topliss-reactive ketones (excluding diaryl/α,β-unsaturated/α-hetero) is 1. The molecule has 2 rings (SSSR count). The number of phenolic OH excluding ortho intramolecular Hbond substituents is 2. The quantitative estimate of drug-likeness (QED) is 0.634. The smallest absolute Gasteiger partial charge is 0.184 e. The van der Waals surface area contributed by atoms with Crippen molar-refractivity contribution in [3.8, 4) is 17.2 Å². The molecule has 0 amide bonds. The van der Waals surface area contributed by atoms with Gasteiger partial charge in [-0.05, 0) is 30.3 Å². The lowest BCUT2D eigenvalue weighted by atomic mass is 10.1. The second-order valence-corrected chi connectivity index (χ2v) is 5.44. The molecule has 120 valence electrons. The summed E-state index contributed by atoms with van der Waals surface area (Å²) in [6, 6.07) is 7.13. The first-order valence-corrected chi connectivity index (χ1v) is 7.26. The van der Waals surface area contributed by atoms with Gasteiger partial charge < -0.3 is 14.9 Å². The minimum absolute atomic E-state index is 0.124. The van der Waals surface area contributed by atoms with Gasteiger partial charge in [0.2, 0.25) is 0 Å². The number of carbonyl (C=O) groups is 1. The summed E-state index contributed by atoms with van der Waals surface area (Å²) < 4.78 is 4.91. The Hall–Kier alpha value is -2.24. The van der Waals surface area contributed by atoms with Crippen LogP contribution >= 0.6 is 23.2 Å². The number of methoxy groups -OCH3 is 1. The van der Waals surface area contributed by atoms with E-state index in [-0.39, 0.29) is 40.2 Å². The molecule has 0 radical (unpaired) electrons. The molecule has 0 spiro atoms. The van der Waals surface area contributed by atoms with Gasteiger partial charge in [-0.15, -0.1) is 0 Å². The standard InChI is InChI=1S/C16H13Cl2NO4/c1-23-16-3-2-9(4-14(16)21)15(22)8-19-7-11-12(18)5-10(17)6-13(11)20/h2-7,20-21H,8H2,1H3. The third kappa shape index (κ3) is 4.15. The number of nitrogens with zero attached hydrogens (tertiary/aromatic N) is 1. The number of hydrogen-bond donors (Lipinski definition) is 2. The van der Waals surface area contributed by atoms with Crippen LogP contribution in [0.5, 0.6) is 17.2 Å². The molecule has 2 N–H and O–H groups in total. The predicted molar refractivity (Wildman–Crippen MR) is 89.6 cm³/mol. The zero-order chi connectivity index (χ0) is 17.0. The summed E-state index contributed by atoms with van der Waals surface area (Å²) in [5.41, 5.74) is 0.577. The zero-order valence-electron chi connectivity index (χ0n) is 12.1. The summed E-state index contributed by atoms with van der Waals surface area (Å²) in [4.78, 5) is 16.0. The molecule has 0 aliphatic heterocycles. The van der Waals surface area contributed by atoms with Crippen molar-refractivity contribution in [1.82, 2.24) is 0 Å². The fourth-order valence-corrected chi connectivity index (χ4v) is 2.41. The Morgan fingerprint density at radius 2 is 1.96 bits per heavy atom. The van der Waals surface area contributed by atoms with Gasteiger partial charge in [-0.25, -0.2) is 0 Å². The van der Waals surface area contributed by atoms with Crippen LogP contribution in [0, 0.1) is 0 Å². The van der Waals surface area contributed by atoms with Crippen molar-refractivity contribution in [3.05, 3.63) is 51.5 Å². The maximum absolute atomic E-state index is 12.0. The largest absolute Gasteiger partial charge is 0.507 e. The van der Waals surface area contributed by atoms with Crippen molar-refractivity contribution in [3.63, 3.8) is 0 Å². The van der Waals surface area contributed by atoms with Crippen LogP contribution in [0.2, 0.25) is 10.0 Å². The Kier molecular flexibility index (Phi) is 5.47. The third-order valence-corrected chi connectivity index (χ3v) is 3.56. The summed E-state index contributed by atoms with van der Waals surface area (Å²) in [5, 5.41) is 20.0. The molecular formula is C16H13Cl2NO4. The molecule has 0 aliphatic carbocycles. The van der Waals surface area contributed by atoms with E-state index in [2.05, 4.69) is 4.99 Å². The average molecular weight is 354 g/mol. The number of ketones is 1. The van der Waals surface area contributed by atoms with Crippen molar-refractivity contribution >= 4 is 35.2 Å². The second-order valence-electron chi connectivity index (χ2n) is 4.60. The molecule has 0 aliphatic rings. The van der Waals surface area contributed by atoms with E-state index in [1.54, 1.807) is 0 Å². The van der Waals surface area contributed by atoms with Gasteiger partial charge in [-0.1, -0.05) is 23.2 Å². The Bertz CT molecular complexity index is 752. The lowest BCUT2D eigenvalue weighted by molar-refractivity contribution is 0.100. The fourth-order valence-electron chi connectivity index (χ4n) is 1.87. The molecule has 0 atom stereocenters. The molecule has 2 aromatic carbocycles. The van der Waals surface area contributed by atoms with E-state index in [9.17, 15) is 15.0 Å². The molecule has 0 saturated heterocycles. The van der Waals surface area contributed by atoms with Crippen LogP contribution < -0.4 is 4.74 Å². The van der Waals surface area contributed by atoms with Gasteiger partial charge in [0.25, 0.3) is 0 Å². The maximum atomic E-state index is 12.0. The van der Waals surface area contributed by atoms with Crippen molar-refractivity contribution in [2.75, 3.05) is 13.7 Å². The Labute approximate surface area is 142 Å². The van der Waals surface area contributed by atoms with E-state index in [0.29, 0.717) is 10.6 Å². The average Bonchev–Trinajstić information content (AvgIpc) is 2.49. The molecule has 0 unspecified atom stereocenters.